The number of hydrogen-bond acceptors (Lipinski definition) is 3. The third-order valence-corrected chi connectivity index (χ3v) is 3.71. The highest BCUT2D eigenvalue weighted by atomic mass is 16.5. The summed E-state index contributed by atoms with van der Waals surface area (Å²) < 4.78 is 5.29. The maximum absolute atomic E-state index is 11.0. The molecular weight excluding hydrogens is 242 g/mol. The summed E-state index contributed by atoms with van der Waals surface area (Å²) in [5.74, 6) is -0.158. The molecule has 4 heteroatoms. The smallest absolute Gasteiger partial charge is 0.335 e. The Hall–Kier alpha value is -1.55. The summed E-state index contributed by atoms with van der Waals surface area (Å²) in [6, 6.07) is 5.54. The second kappa shape index (κ2) is 6.57. The standard InChI is InChI=1S/C15H21NO3/c1-19-14-8-7-11(15(17)18)9-12(14)10-16-13-5-3-2-4-6-13/h7-9,13,16H,2-6,10H2,1H3,(H,17,18). The molecule has 0 radical (unpaired) electrons. The Morgan fingerprint density at radius 3 is 2.74 bits per heavy atom. The van der Waals surface area contributed by atoms with Gasteiger partial charge < -0.3 is 15.2 Å². The van der Waals surface area contributed by atoms with Crippen molar-refractivity contribution in [1.29, 1.82) is 0 Å². The predicted octanol–water partition coefficient (Wildman–Crippen LogP) is 2.82. The van der Waals surface area contributed by atoms with Gasteiger partial charge in [-0.15, -0.1) is 0 Å². The van der Waals surface area contributed by atoms with Gasteiger partial charge in [-0.1, -0.05) is 19.3 Å². The van der Waals surface area contributed by atoms with Gasteiger partial charge in [-0.3, -0.25) is 0 Å². The lowest BCUT2D eigenvalue weighted by molar-refractivity contribution is 0.0696. The summed E-state index contributed by atoms with van der Waals surface area (Å²) in [5, 5.41) is 12.5. The fraction of sp³-hybridized carbons (Fsp3) is 0.533. The average molecular weight is 263 g/mol. The largest absolute Gasteiger partial charge is 0.496 e. The topological polar surface area (TPSA) is 58.6 Å². The number of carboxylic acid groups (broad SMARTS) is 1. The van der Waals surface area contributed by atoms with Gasteiger partial charge >= 0.3 is 5.97 Å². The Morgan fingerprint density at radius 1 is 1.37 bits per heavy atom. The summed E-state index contributed by atoms with van der Waals surface area (Å²) in [7, 11) is 1.61. The number of ether oxygens (including phenoxy) is 1. The van der Waals surface area contributed by atoms with Crippen molar-refractivity contribution >= 4 is 5.97 Å². The molecule has 0 saturated heterocycles. The van der Waals surface area contributed by atoms with E-state index in [0.29, 0.717) is 18.2 Å². The highest BCUT2D eigenvalue weighted by Crippen LogP contribution is 2.22. The third-order valence-electron chi connectivity index (χ3n) is 3.71. The summed E-state index contributed by atoms with van der Waals surface area (Å²) in [5.41, 5.74) is 1.22. The van der Waals surface area contributed by atoms with Gasteiger partial charge in [0.05, 0.1) is 12.7 Å². The van der Waals surface area contributed by atoms with E-state index >= 15 is 0 Å². The molecule has 104 valence electrons. The molecule has 0 bridgehead atoms. The minimum absolute atomic E-state index is 0.307. The van der Waals surface area contributed by atoms with E-state index in [1.807, 2.05) is 0 Å². The van der Waals surface area contributed by atoms with Crippen molar-refractivity contribution in [3.8, 4) is 5.75 Å². The van der Waals surface area contributed by atoms with Crippen LogP contribution < -0.4 is 10.1 Å². The van der Waals surface area contributed by atoms with Gasteiger partial charge in [0.25, 0.3) is 0 Å². The number of aromatic carboxylic acids is 1. The highest BCUT2D eigenvalue weighted by Gasteiger charge is 2.14. The third kappa shape index (κ3) is 3.70. The number of nitrogens with one attached hydrogen (secondary N) is 1. The van der Waals surface area contributed by atoms with E-state index in [1.165, 1.54) is 32.1 Å². The van der Waals surface area contributed by atoms with Gasteiger partial charge in [-0.05, 0) is 31.0 Å². The lowest BCUT2D eigenvalue weighted by atomic mass is 9.95. The summed E-state index contributed by atoms with van der Waals surface area (Å²) in [6.45, 7) is 0.662. The molecule has 0 unspecified atom stereocenters. The van der Waals surface area contributed by atoms with E-state index in [2.05, 4.69) is 5.32 Å². The van der Waals surface area contributed by atoms with E-state index in [9.17, 15) is 4.79 Å². The van der Waals surface area contributed by atoms with E-state index in [-0.39, 0.29) is 0 Å². The summed E-state index contributed by atoms with van der Waals surface area (Å²) >= 11 is 0. The van der Waals surface area contributed by atoms with Crippen LogP contribution in [0.5, 0.6) is 5.75 Å². The first-order valence-electron chi connectivity index (χ1n) is 6.84. The molecule has 2 rings (SSSR count). The molecule has 1 aromatic rings. The number of rotatable bonds is 5. The molecule has 1 fully saturated rings. The van der Waals surface area contributed by atoms with Crippen LogP contribution in [0.1, 0.15) is 48.0 Å². The molecule has 0 aliphatic heterocycles. The SMILES string of the molecule is COc1ccc(C(=O)O)cc1CNC1CCCCC1. The van der Waals surface area contributed by atoms with Crippen LogP contribution in [0, 0.1) is 0 Å². The number of hydrogen-bond donors (Lipinski definition) is 2. The Kier molecular flexibility index (Phi) is 4.80. The van der Waals surface area contributed by atoms with Crippen molar-refractivity contribution in [2.24, 2.45) is 0 Å². The van der Waals surface area contributed by atoms with Crippen LogP contribution in [0.15, 0.2) is 18.2 Å². The zero-order valence-corrected chi connectivity index (χ0v) is 11.3. The van der Waals surface area contributed by atoms with E-state index in [0.717, 1.165) is 11.3 Å². The molecule has 0 spiro atoms. The molecule has 1 saturated carbocycles. The van der Waals surface area contributed by atoms with Crippen LogP contribution in [-0.4, -0.2) is 24.2 Å². The first-order chi connectivity index (χ1) is 9.20. The van der Waals surface area contributed by atoms with Crippen molar-refractivity contribution in [3.05, 3.63) is 29.3 Å². The molecule has 1 aliphatic rings. The quantitative estimate of drug-likeness (QED) is 0.857. The van der Waals surface area contributed by atoms with E-state index in [4.69, 9.17) is 9.84 Å². The van der Waals surface area contributed by atoms with Crippen molar-refractivity contribution in [2.75, 3.05) is 7.11 Å². The molecule has 19 heavy (non-hydrogen) atoms. The first kappa shape index (κ1) is 13.9. The fourth-order valence-corrected chi connectivity index (χ4v) is 2.61. The molecule has 1 aliphatic carbocycles. The Balaban J connectivity index is 2.04. The van der Waals surface area contributed by atoms with E-state index in [1.54, 1.807) is 25.3 Å². The molecule has 0 aromatic heterocycles. The van der Waals surface area contributed by atoms with Crippen LogP contribution in [-0.2, 0) is 6.54 Å². The van der Waals surface area contributed by atoms with Gasteiger partial charge in [0, 0.05) is 18.2 Å². The average Bonchev–Trinajstić information content (AvgIpc) is 2.45. The summed E-state index contributed by atoms with van der Waals surface area (Å²) in [4.78, 5) is 11.0. The molecule has 0 heterocycles. The van der Waals surface area contributed by atoms with Crippen LogP contribution in [0.2, 0.25) is 0 Å². The minimum atomic E-state index is -0.901. The second-order valence-corrected chi connectivity index (χ2v) is 5.05. The van der Waals surface area contributed by atoms with E-state index < -0.39 is 5.97 Å². The molecule has 1 aromatic carbocycles. The maximum atomic E-state index is 11.0. The molecule has 0 amide bonds. The van der Waals surface area contributed by atoms with Gasteiger partial charge in [0.2, 0.25) is 0 Å². The lowest BCUT2D eigenvalue weighted by Crippen LogP contribution is -2.30. The minimum Gasteiger partial charge on any atom is -0.496 e. The van der Waals surface area contributed by atoms with Crippen LogP contribution in [0.3, 0.4) is 0 Å². The fourth-order valence-electron chi connectivity index (χ4n) is 2.61. The van der Waals surface area contributed by atoms with Gasteiger partial charge in [0.15, 0.2) is 0 Å². The number of methoxy groups -OCH3 is 1. The van der Waals surface area contributed by atoms with Crippen LogP contribution in [0.4, 0.5) is 0 Å². The summed E-state index contributed by atoms with van der Waals surface area (Å²) in [6.07, 6.45) is 6.31. The van der Waals surface area contributed by atoms with Crippen molar-refractivity contribution in [1.82, 2.24) is 5.32 Å². The van der Waals surface area contributed by atoms with Crippen molar-refractivity contribution < 1.29 is 14.6 Å². The van der Waals surface area contributed by atoms with Gasteiger partial charge in [0.1, 0.15) is 5.75 Å². The Bertz CT molecular complexity index is 439. The molecule has 2 N–H and O–H groups in total. The van der Waals surface area contributed by atoms with Crippen molar-refractivity contribution in [3.63, 3.8) is 0 Å². The normalized spacial score (nSPS) is 16.3. The van der Waals surface area contributed by atoms with Gasteiger partial charge in [-0.2, -0.15) is 0 Å². The first-order valence-corrected chi connectivity index (χ1v) is 6.84. The Labute approximate surface area is 113 Å². The highest BCUT2D eigenvalue weighted by molar-refractivity contribution is 5.88. The molecule has 0 atom stereocenters. The maximum Gasteiger partial charge on any atom is 0.335 e. The predicted molar refractivity (Wildman–Crippen MR) is 73.7 cm³/mol. The van der Waals surface area contributed by atoms with Crippen LogP contribution in [0.25, 0.3) is 0 Å². The van der Waals surface area contributed by atoms with Gasteiger partial charge in [-0.25, -0.2) is 4.79 Å². The van der Waals surface area contributed by atoms with Crippen molar-refractivity contribution in [2.45, 2.75) is 44.7 Å². The number of benzene rings is 1. The monoisotopic (exact) mass is 263 g/mol. The Morgan fingerprint density at radius 2 is 2.11 bits per heavy atom. The number of carboxylic acids is 1. The zero-order valence-electron chi connectivity index (χ0n) is 11.3. The van der Waals surface area contributed by atoms with Crippen LogP contribution >= 0.6 is 0 Å². The molecular formula is C15H21NO3. The lowest BCUT2D eigenvalue weighted by Gasteiger charge is -2.23. The zero-order chi connectivity index (χ0) is 13.7. The molecule has 4 nitrogen and oxygen atoms in total. The number of carbonyl (C=O) groups is 1. The second-order valence-electron chi connectivity index (χ2n) is 5.05.